The molecular weight excluding hydrogens is 910 g/mol. The number of anilines is 1. The minimum atomic E-state index is -3.68. The lowest BCUT2D eigenvalue weighted by atomic mass is 10.0. The fourth-order valence-corrected chi connectivity index (χ4v) is 8.71. The normalized spacial score (nSPS) is 16.6. The number of nitrogens with one attached hydrogen (secondary N) is 2. The Morgan fingerprint density at radius 2 is 1.72 bits per heavy atom. The molecule has 2 aromatic carbocycles. The summed E-state index contributed by atoms with van der Waals surface area (Å²) >= 11 is 7.95. The highest BCUT2D eigenvalue weighted by molar-refractivity contribution is 8.01. The first-order valence-electron chi connectivity index (χ1n) is 19.6. The van der Waals surface area contributed by atoms with Crippen molar-refractivity contribution < 1.29 is 48.7 Å². The Hall–Kier alpha value is -5.58. The molecule has 1 amide bonds. The van der Waals surface area contributed by atoms with E-state index in [1.807, 2.05) is 0 Å². The van der Waals surface area contributed by atoms with Gasteiger partial charge in [-0.15, -0.1) is 0 Å². The van der Waals surface area contributed by atoms with E-state index in [9.17, 15) is 44.7 Å². The summed E-state index contributed by atoms with van der Waals surface area (Å²) in [5, 5.41) is 15.0. The van der Waals surface area contributed by atoms with Gasteiger partial charge in [0.1, 0.15) is 54.2 Å². The quantitative estimate of drug-likeness (QED) is 0.0727. The van der Waals surface area contributed by atoms with Gasteiger partial charge in [-0.2, -0.15) is 24.1 Å². The highest BCUT2D eigenvalue weighted by atomic mass is 35.5. The van der Waals surface area contributed by atoms with Gasteiger partial charge in [-0.3, -0.25) is 28.2 Å². The first-order chi connectivity index (χ1) is 30.2. The summed E-state index contributed by atoms with van der Waals surface area (Å²) in [5.41, 5.74) is -4.10. The molecule has 0 radical (unpaired) electrons. The smallest absolute Gasteiger partial charge is 0.292 e. The molecule has 12 nitrogen and oxygen atoms in total. The van der Waals surface area contributed by atoms with E-state index in [1.54, 1.807) is 0 Å². The van der Waals surface area contributed by atoms with Crippen molar-refractivity contribution in [1.82, 2.24) is 44.2 Å². The molecule has 0 aliphatic heterocycles. The van der Waals surface area contributed by atoms with E-state index in [4.69, 9.17) is 11.6 Å². The maximum absolute atomic E-state index is 15.5. The molecule has 24 heteroatoms. The lowest BCUT2D eigenvalue weighted by Gasteiger charge is -2.24. The van der Waals surface area contributed by atoms with Crippen molar-refractivity contribution in [2.45, 2.75) is 95.2 Å². The van der Waals surface area contributed by atoms with Crippen LogP contribution >= 0.6 is 23.5 Å². The Bertz CT molecular complexity index is 2800. The zero-order chi connectivity index (χ0) is 46.0. The SMILES string of the molecule is CC1Cc2c(C(F)F)nn(CC(=O)NC(Cc3cc(F)cc(F)c3)c3nc(-c4ccn(CC(C)(F)F)n4)cc(=O)n3-c3ccc(Cl)c4c(NSC5CC5)nn(CC(F)F)c34)c2C1(F)F. The van der Waals surface area contributed by atoms with E-state index in [-0.39, 0.29) is 49.6 Å². The molecule has 2 N–H and O–H groups in total. The number of halogens is 11. The van der Waals surface area contributed by atoms with Crippen molar-refractivity contribution in [2.75, 3.05) is 4.72 Å². The van der Waals surface area contributed by atoms with Crippen molar-refractivity contribution >= 4 is 46.2 Å². The maximum atomic E-state index is 15.5. The standard InChI is InChI=1S/C40H35ClF10N10O2S/c1-18-9-23-33(36(46)47)55-60(35(23)40(18,50)51)16-30(62)52-27(12-19-10-20(42)13-21(43)11-19)38-53-26(25-7-8-58(54-25)17-39(2,48)49)14-31(63)61(38)28-6-5-24(41)32-34(28)59(15-29(44)45)56-37(32)57-64-22-3-4-22/h5-8,10-11,13-14,18,22,27,29,36H,3-4,9,12,15-17H2,1-2H3,(H,52,62)(H,56,57). The molecule has 1 fully saturated rings. The second kappa shape index (κ2) is 17.1. The summed E-state index contributed by atoms with van der Waals surface area (Å²) in [6.07, 6.45) is -4.38. The van der Waals surface area contributed by atoms with Crippen LogP contribution in [0, 0.1) is 17.6 Å². The number of hydrogen-bond donors (Lipinski definition) is 2. The Labute approximate surface area is 365 Å². The van der Waals surface area contributed by atoms with Gasteiger partial charge in [0.2, 0.25) is 5.91 Å². The van der Waals surface area contributed by atoms with Gasteiger partial charge in [0.15, 0.2) is 5.82 Å². The lowest BCUT2D eigenvalue weighted by molar-refractivity contribution is -0.123. The molecule has 2 unspecified atom stereocenters. The Morgan fingerprint density at radius 1 is 1.00 bits per heavy atom. The van der Waals surface area contributed by atoms with Crippen molar-refractivity contribution in [1.29, 1.82) is 0 Å². The molecule has 6 aromatic rings. The largest absolute Gasteiger partial charge is 0.344 e. The van der Waals surface area contributed by atoms with Crippen LogP contribution in [0.1, 0.15) is 67.5 Å². The zero-order valence-electron chi connectivity index (χ0n) is 33.4. The van der Waals surface area contributed by atoms with Crippen LogP contribution in [-0.2, 0) is 43.2 Å². The van der Waals surface area contributed by atoms with Crippen LogP contribution in [0.15, 0.2) is 53.5 Å². The number of alkyl halides is 8. The van der Waals surface area contributed by atoms with Crippen molar-refractivity contribution in [3.63, 3.8) is 0 Å². The van der Waals surface area contributed by atoms with Gasteiger partial charge in [-0.25, -0.2) is 40.1 Å². The third-order valence-corrected chi connectivity index (χ3v) is 12.0. The van der Waals surface area contributed by atoms with Gasteiger partial charge in [-0.05, 0) is 67.1 Å². The molecule has 0 spiro atoms. The van der Waals surface area contributed by atoms with Gasteiger partial charge < -0.3 is 10.0 Å². The number of benzene rings is 2. The Balaban J connectivity index is 1.33. The Morgan fingerprint density at radius 3 is 2.38 bits per heavy atom. The molecule has 2 atom stereocenters. The van der Waals surface area contributed by atoms with Gasteiger partial charge in [0, 0.05) is 48.4 Å². The van der Waals surface area contributed by atoms with Crippen LogP contribution < -0.4 is 15.6 Å². The molecule has 1 saturated carbocycles. The predicted molar refractivity (Wildman–Crippen MR) is 215 cm³/mol. The van der Waals surface area contributed by atoms with Crippen molar-refractivity contribution in [2.24, 2.45) is 5.92 Å². The summed E-state index contributed by atoms with van der Waals surface area (Å²) in [4.78, 5) is 33.4. The summed E-state index contributed by atoms with van der Waals surface area (Å²) in [5.74, 6) is -12.0. The second-order valence-corrected chi connectivity index (χ2v) is 17.3. The number of hydrogen-bond acceptors (Lipinski definition) is 8. The highest BCUT2D eigenvalue weighted by Crippen LogP contribution is 2.48. The summed E-state index contributed by atoms with van der Waals surface area (Å²) in [6.45, 7) is -1.18. The van der Waals surface area contributed by atoms with Gasteiger partial charge in [0.25, 0.3) is 30.3 Å². The van der Waals surface area contributed by atoms with Crippen LogP contribution in [0.5, 0.6) is 0 Å². The van der Waals surface area contributed by atoms with E-state index in [0.717, 1.165) is 51.9 Å². The first-order valence-corrected chi connectivity index (χ1v) is 20.9. The number of carbonyl (C=O) groups is 1. The molecule has 0 saturated heterocycles. The molecule has 2 aliphatic carbocycles. The van der Waals surface area contributed by atoms with E-state index < -0.39 is 115 Å². The number of amides is 1. The average molecular weight is 945 g/mol. The van der Waals surface area contributed by atoms with Crippen molar-refractivity contribution in [3.8, 4) is 17.1 Å². The number of rotatable bonds is 16. The van der Waals surface area contributed by atoms with Crippen molar-refractivity contribution in [3.05, 3.63) is 104 Å². The monoisotopic (exact) mass is 944 g/mol. The molecule has 8 rings (SSSR count). The molecule has 64 heavy (non-hydrogen) atoms. The zero-order valence-corrected chi connectivity index (χ0v) is 35.0. The van der Waals surface area contributed by atoms with Gasteiger partial charge in [0.05, 0.1) is 33.3 Å². The molecule has 2 aliphatic rings. The minimum Gasteiger partial charge on any atom is -0.344 e. The number of carbonyl (C=O) groups excluding carboxylic acids is 1. The summed E-state index contributed by atoms with van der Waals surface area (Å²) in [6, 6.07) is 5.47. The van der Waals surface area contributed by atoms with Crippen LogP contribution in [0.2, 0.25) is 5.02 Å². The lowest BCUT2D eigenvalue weighted by Crippen LogP contribution is -2.38. The number of nitrogens with zero attached hydrogens (tertiary/aromatic N) is 8. The first kappa shape index (κ1) is 45.0. The summed E-state index contributed by atoms with van der Waals surface area (Å²) in [7, 11) is 0. The molecular formula is C40H35ClF10N10O2S. The van der Waals surface area contributed by atoms with Gasteiger partial charge >= 0.3 is 0 Å². The number of aromatic nitrogens is 8. The maximum Gasteiger partial charge on any atom is 0.292 e. The van der Waals surface area contributed by atoms with E-state index in [2.05, 4.69) is 30.3 Å². The van der Waals surface area contributed by atoms with Gasteiger partial charge in [-0.1, -0.05) is 18.5 Å². The van der Waals surface area contributed by atoms with E-state index in [1.165, 1.54) is 36.3 Å². The van der Waals surface area contributed by atoms with Crippen LogP contribution in [0.4, 0.5) is 49.7 Å². The minimum absolute atomic E-state index is 0.0248. The third kappa shape index (κ3) is 9.18. The molecule has 340 valence electrons. The van der Waals surface area contributed by atoms with Crippen LogP contribution in [-0.4, -0.2) is 62.4 Å². The van der Waals surface area contributed by atoms with E-state index >= 15 is 8.78 Å². The number of fused-ring (bicyclic) bond motifs is 2. The third-order valence-electron chi connectivity index (χ3n) is 10.5. The summed E-state index contributed by atoms with van der Waals surface area (Å²) < 4.78 is 151. The fourth-order valence-electron chi connectivity index (χ4n) is 7.68. The second-order valence-electron chi connectivity index (χ2n) is 15.8. The fraction of sp³-hybridized carbons (Fsp3) is 0.400. The predicted octanol–water partition coefficient (Wildman–Crippen LogP) is 9.04. The molecule has 4 aromatic heterocycles. The average Bonchev–Trinajstić information content (AvgIpc) is 3.48. The topological polar surface area (TPSA) is 129 Å². The molecule has 4 heterocycles. The van der Waals surface area contributed by atoms with Crippen LogP contribution in [0.25, 0.3) is 28.0 Å². The Kier molecular flexibility index (Phi) is 12.0. The molecule has 0 bridgehead atoms. The van der Waals surface area contributed by atoms with E-state index in [0.29, 0.717) is 17.7 Å². The highest BCUT2D eigenvalue weighted by Gasteiger charge is 2.51. The van der Waals surface area contributed by atoms with Crippen LogP contribution in [0.3, 0.4) is 0 Å².